The van der Waals surface area contributed by atoms with Crippen LogP contribution in [0.15, 0.2) is 71.3 Å². The number of rotatable bonds is 7. The number of carbonyl (C=O) groups is 5. The number of hydrogen-bond donors (Lipinski definition) is 0. The van der Waals surface area contributed by atoms with Crippen LogP contribution in [0, 0.1) is 0 Å². The van der Waals surface area contributed by atoms with Gasteiger partial charge in [0, 0.05) is 18.4 Å². The molecule has 172 valence electrons. The molecule has 34 heavy (non-hydrogen) atoms. The third-order valence-corrected chi connectivity index (χ3v) is 5.34. The summed E-state index contributed by atoms with van der Waals surface area (Å²) >= 11 is 6.12. The number of halogens is 1. The Morgan fingerprint density at radius 3 is 2.24 bits per heavy atom. The minimum atomic E-state index is -0.758. The fourth-order valence-corrected chi connectivity index (χ4v) is 3.55. The smallest absolute Gasteiger partial charge is 0.379 e. The molecular weight excluding hydrogens is 464 g/mol. The van der Waals surface area contributed by atoms with Gasteiger partial charge < -0.3 is 9.15 Å². The first kappa shape index (κ1) is 22.9. The van der Waals surface area contributed by atoms with Gasteiger partial charge in [0.15, 0.2) is 5.78 Å². The molecule has 1 aliphatic heterocycles. The van der Waals surface area contributed by atoms with Gasteiger partial charge in [0.2, 0.25) is 17.6 Å². The SMILES string of the molecule is O=C(CN(C(=O)c1ccccc1Cl)N1C(=O)CCC1=O)c1ccc(OC(=O)c2ccco2)cc1. The molecule has 4 rings (SSSR count). The van der Waals surface area contributed by atoms with Crippen molar-refractivity contribution in [3.05, 3.63) is 88.8 Å². The Bertz CT molecular complexity index is 1250. The van der Waals surface area contributed by atoms with Crippen molar-refractivity contribution in [1.82, 2.24) is 10.0 Å². The summed E-state index contributed by atoms with van der Waals surface area (Å²) in [4.78, 5) is 62.8. The van der Waals surface area contributed by atoms with E-state index >= 15 is 0 Å². The van der Waals surface area contributed by atoms with Crippen LogP contribution in [0.25, 0.3) is 0 Å². The Morgan fingerprint density at radius 1 is 0.941 bits per heavy atom. The molecule has 1 aromatic heterocycles. The van der Waals surface area contributed by atoms with Crippen LogP contribution in [0.5, 0.6) is 5.75 Å². The van der Waals surface area contributed by atoms with Gasteiger partial charge in [-0.05, 0) is 48.5 Å². The predicted octanol–water partition coefficient (Wildman–Crippen LogP) is 3.54. The van der Waals surface area contributed by atoms with E-state index in [9.17, 15) is 24.0 Å². The Hall–Kier alpha value is -4.24. The summed E-state index contributed by atoms with van der Waals surface area (Å²) in [5.74, 6) is -2.98. The van der Waals surface area contributed by atoms with E-state index in [0.717, 1.165) is 5.01 Å². The third-order valence-electron chi connectivity index (χ3n) is 5.01. The van der Waals surface area contributed by atoms with Gasteiger partial charge in [-0.15, -0.1) is 0 Å². The molecule has 0 N–H and O–H groups in total. The number of imide groups is 1. The second kappa shape index (κ2) is 9.72. The van der Waals surface area contributed by atoms with Gasteiger partial charge in [0.1, 0.15) is 12.3 Å². The Balaban J connectivity index is 1.54. The van der Waals surface area contributed by atoms with Crippen LogP contribution >= 0.6 is 11.6 Å². The average Bonchev–Trinajstić information content (AvgIpc) is 3.48. The van der Waals surface area contributed by atoms with Crippen molar-refractivity contribution in [1.29, 1.82) is 0 Å². The summed E-state index contributed by atoms with van der Waals surface area (Å²) in [6.07, 6.45) is 1.22. The van der Waals surface area contributed by atoms with Gasteiger partial charge in [-0.25, -0.2) is 9.80 Å². The van der Waals surface area contributed by atoms with Crippen molar-refractivity contribution >= 4 is 41.1 Å². The van der Waals surface area contributed by atoms with Crippen LogP contribution < -0.4 is 4.74 Å². The zero-order chi connectivity index (χ0) is 24.2. The molecule has 0 atom stereocenters. The van der Waals surface area contributed by atoms with Gasteiger partial charge in [-0.3, -0.25) is 19.2 Å². The lowest BCUT2D eigenvalue weighted by Gasteiger charge is -2.29. The molecule has 1 saturated heterocycles. The predicted molar refractivity (Wildman–Crippen MR) is 118 cm³/mol. The van der Waals surface area contributed by atoms with Gasteiger partial charge >= 0.3 is 5.97 Å². The van der Waals surface area contributed by atoms with Crippen LogP contribution in [0.2, 0.25) is 5.02 Å². The number of esters is 1. The number of Topliss-reactive ketones (excluding diaryl/α,β-unsaturated/α-hetero) is 1. The van der Waals surface area contributed by atoms with Gasteiger partial charge in [-0.1, -0.05) is 23.7 Å². The number of ether oxygens (including phenoxy) is 1. The summed E-state index contributed by atoms with van der Waals surface area (Å²) < 4.78 is 10.1. The molecule has 2 aromatic carbocycles. The quantitative estimate of drug-likeness (QED) is 0.220. The summed E-state index contributed by atoms with van der Waals surface area (Å²) in [5.41, 5.74) is 0.221. The lowest BCUT2D eigenvalue weighted by atomic mass is 10.1. The van der Waals surface area contributed by atoms with Crippen LogP contribution in [0.3, 0.4) is 0 Å². The number of furan rings is 1. The van der Waals surface area contributed by atoms with Crippen molar-refractivity contribution in [3.8, 4) is 5.75 Å². The fourth-order valence-electron chi connectivity index (χ4n) is 3.33. The van der Waals surface area contributed by atoms with Crippen molar-refractivity contribution in [2.45, 2.75) is 12.8 Å². The highest BCUT2D eigenvalue weighted by Gasteiger charge is 2.38. The number of nitrogens with zero attached hydrogens (tertiary/aromatic N) is 2. The van der Waals surface area contributed by atoms with Gasteiger partial charge in [0.05, 0.1) is 16.8 Å². The number of carbonyl (C=O) groups excluding carboxylic acids is 5. The maximum Gasteiger partial charge on any atom is 0.379 e. The summed E-state index contributed by atoms with van der Waals surface area (Å²) in [6, 6.07) is 14.7. The first-order chi connectivity index (χ1) is 16.3. The largest absolute Gasteiger partial charge is 0.457 e. The molecule has 0 saturated carbocycles. The molecule has 2 heterocycles. The van der Waals surface area contributed by atoms with Crippen molar-refractivity contribution in [2.24, 2.45) is 0 Å². The molecule has 3 amide bonds. The lowest BCUT2D eigenvalue weighted by molar-refractivity contribution is -0.152. The van der Waals surface area contributed by atoms with E-state index < -0.39 is 36.0 Å². The van der Waals surface area contributed by atoms with Crippen LogP contribution in [0.4, 0.5) is 0 Å². The first-order valence-electron chi connectivity index (χ1n) is 10.2. The Kier molecular flexibility index (Phi) is 6.55. The van der Waals surface area contributed by atoms with E-state index in [0.29, 0.717) is 5.01 Å². The number of benzene rings is 2. The lowest BCUT2D eigenvalue weighted by Crippen LogP contribution is -2.51. The second-order valence-corrected chi connectivity index (χ2v) is 7.66. The van der Waals surface area contributed by atoms with Crippen molar-refractivity contribution in [2.75, 3.05) is 6.54 Å². The second-order valence-electron chi connectivity index (χ2n) is 7.26. The van der Waals surface area contributed by atoms with E-state index in [1.54, 1.807) is 18.2 Å². The molecule has 1 aliphatic rings. The molecule has 0 bridgehead atoms. The molecular formula is C24H17ClN2O7. The molecule has 0 spiro atoms. The Morgan fingerprint density at radius 2 is 1.62 bits per heavy atom. The zero-order valence-corrected chi connectivity index (χ0v) is 18.4. The Labute approximate surface area is 198 Å². The highest BCUT2D eigenvalue weighted by Crippen LogP contribution is 2.23. The first-order valence-corrected chi connectivity index (χ1v) is 10.5. The fraction of sp³-hybridized carbons (Fsp3) is 0.125. The maximum absolute atomic E-state index is 13.2. The minimum Gasteiger partial charge on any atom is -0.457 e. The third kappa shape index (κ3) is 4.74. The molecule has 0 aliphatic carbocycles. The number of hydrogen-bond acceptors (Lipinski definition) is 7. The molecule has 3 aromatic rings. The summed E-state index contributed by atoms with van der Waals surface area (Å²) in [5, 5.41) is 1.63. The maximum atomic E-state index is 13.2. The topological polar surface area (TPSA) is 114 Å². The average molecular weight is 481 g/mol. The van der Waals surface area contributed by atoms with Crippen molar-refractivity contribution < 1.29 is 33.1 Å². The van der Waals surface area contributed by atoms with Crippen molar-refractivity contribution in [3.63, 3.8) is 0 Å². The summed E-state index contributed by atoms with van der Waals surface area (Å²) in [7, 11) is 0. The van der Waals surface area contributed by atoms with Gasteiger partial charge in [0.25, 0.3) is 5.91 Å². The molecule has 0 unspecified atom stereocenters. The van der Waals surface area contributed by atoms with E-state index in [1.165, 1.54) is 48.7 Å². The van der Waals surface area contributed by atoms with E-state index in [-0.39, 0.29) is 40.5 Å². The highest BCUT2D eigenvalue weighted by atomic mass is 35.5. The number of hydrazine groups is 1. The minimum absolute atomic E-state index is 0.0221. The van der Waals surface area contributed by atoms with Crippen LogP contribution in [0.1, 0.15) is 44.1 Å². The van der Waals surface area contributed by atoms with E-state index in [1.807, 2.05) is 0 Å². The monoisotopic (exact) mass is 480 g/mol. The normalized spacial score (nSPS) is 13.1. The number of amides is 3. The zero-order valence-electron chi connectivity index (χ0n) is 17.6. The van der Waals surface area contributed by atoms with Crippen LogP contribution in [-0.4, -0.2) is 46.0 Å². The number of ketones is 1. The highest BCUT2D eigenvalue weighted by molar-refractivity contribution is 6.34. The molecule has 1 fully saturated rings. The van der Waals surface area contributed by atoms with E-state index in [2.05, 4.69) is 0 Å². The molecule has 9 nitrogen and oxygen atoms in total. The van der Waals surface area contributed by atoms with Crippen LogP contribution in [-0.2, 0) is 9.59 Å². The van der Waals surface area contributed by atoms with Gasteiger partial charge in [-0.2, -0.15) is 5.01 Å². The molecule has 10 heteroatoms. The summed E-state index contributed by atoms with van der Waals surface area (Å²) in [6.45, 7) is -0.576. The van der Waals surface area contributed by atoms with E-state index in [4.69, 9.17) is 20.8 Å². The molecule has 0 radical (unpaired) electrons. The standard InChI is InChI=1S/C24H17ClN2O7/c25-18-5-2-1-4-17(18)23(31)26(27-21(29)11-12-22(27)30)14-19(28)15-7-9-16(10-8-15)34-24(32)20-6-3-13-33-20/h1-10,13H,11-12,14H2.